The van der Waals surface area contributed by atoms with Gasteiger partial charge in [-0.15, -0.1) is 0 Å². The van der Waals surface area contributed by atoms with Gasteiger partial charge in [-0.05, 0) is 0 Å². The molecular formula is C16H28N18O5. The Morgan fingerprint density at radius 3 is 0.590 bits per heavy atom. The summed E-state index contributed by atoms with van der Waals surface area (Å²) in [4.78, 5) is 36.7. The van der Waals surface area contributed by atoms with E-state index in [4.69, 9.17) is 20.4 Å². The van der Waals surface area contributed by atoms with Gasteiger partial charge in [0.25, 0.3) is 0 Å². The molecule has 39 heavy (non-hydrogen) atoms. The molecule has 212 valence electrons. The highest BCUT2D eigenvalue weighted by Crippen LogP contribution is 2.12. The SMILES string of the molecule is OCNc1nc(NCO)nc(NCNc2nc(NCO)nc(NCNc3nc(NCO)nc(NCO)n3)n2)n1. The third-order valence-corrected chi connectivity index (χ3v) is 4.08. The fourth-order valence-corrected chi connectivity index (χ4v) is 2.60. The Kier molecular flexibility index (Phi) is 11.2. The molecular weight excluding hydrogens is 524 g/mol. The van der Waals surface area contributed by atoms with Crippen molar-refractivity contribution >= 4 is 53.5 Å². The second-order valence-corrected chi connectivity index (χ2v) is 6.65. The lowest BCUT2D eigenvalue weighted by molar-refractivity contribution is 0.322. The molecule has 23 heteroatoms. The van der Waals surface area contributed by atoms with Gasteiger partial charge in [0.1, 0.15) is 33.7 Å². The fourth-order valence-electron chi connectivity index (χ4n) is 2.60. The van der Waals surface area contributed by atoms with Gasteiger partial charge >= 0.3 is 0 Å². The van der Waals surface area contributed by atoms with Crippen LogP contribution in [0.5, 0.6) is 0 Å². The average Bonchev–Trinajstić information content (AvgIpc) is 2.90. The summed E-state index contributed by atoms with van der Waals surface area (Å²) >= 11 is 0. The van der Waals surface area contributed by atoms with E-state index in [0.717, 1.165) is 0 Å². The molecule has 3 heterocycles. The van der Waals surface area contributed by atoms with Crippen molar-refractivity contribution in [2.75, 3.05) is 94.8 Å². The van der Waals surface area contributed by atoms with E-state index in [1.54, 1.807) is 0 Å². The van der Waals surface area contributed by atoms with Crippen molar-refractivity contribution in [3.63, 3.8) is 0 Å². The average molecular weight is 553 g/mol. The van der Waals surface area contributed by atoms with Crippen molar-refractivity contribution in [1.82, 2.24) is 44.9 Å². The summed E-state index contributed by atoms with van der Waals surface area (Å²) in [6.45, 7) is -2.01. The molecule has 0 fully saturated rings. The number of rotatable bonds is 18. The van der Waals surface area contributed by atoms with Crippen LogP contribution in [0.4, 0.5) is 53.5 Å². The van der Waals surface area contributed by atoms with Gasteiger partial charge in [-0.1, -0.05) is 0 Å². The van der Waals surface area contributed by atoms with Gasteiger partial charge < -0.3 is 73.4 Å². The highest BCUT2D eigenvalue weighted by Gasteiger charge is 2.10. The molecule has 23 nitrogen and oxygen atoms in total. The Hall–Kier alpha value is -4.97. The van der Waals surface area contributed by atoms with Crippen LogP contribution in [0.1, 0.15) is 0 Å². The minimum Gasteiger partial charge on any atom is -0.376 e. The van der Waals surface area contributed by atoms with Crippen molar-refractivity contribution in [3.8, 4) is 0 Å². The molecule has 3 rings (SSSR count). The smallest absolute Gasteiger partial charge is 0.231 e. The summed E-state index contributed by atoms with van der Waals surface area (Å²) in [5.41, 5.74) is 0. The van der Waals surface area contributed by atoms with E-state index in [1.165, 1.54) is 0 Å². The molecule has 0 aliphatic carbocycles. The maximum Gasteiger partial charge on any atom is 0.231 e. The van der Waals surface area contributed by atoms with Gasteiger partial charge in [-0.3, -0.25) is 0 Å². The second-order valence-electron chi connectivity index (χ2n) is 6.65. The minimum atomic E-state index is -0.433. The third-order valence-electron chi connectivity index (χ3n) is 4.08. The van der Waals surface area contributed by atoms with Gasteiger partial charge in [-0.25, -0.2) is 0 Å². The molecule has 0 unspecified atom stereocenters. The van der Waals surface area contributed by atoms with Crippen LogP contribution in [0.15, 0.2) is 0 Å². The lowest BCUT2D eigenvalue weighted by Gasteiger charge is -2.13. The highest BCUT2D eigenvalue weighted by atomic mass is 16.3. The molecule has 0 atom stereocenters. The van der Waals surface area contributed by atoms with Crippen LogP contribution in [-0.4, -0.2) is 117 Å². The summed E-state index contributed by atoms with van der Waals surface area (Å²) in [5.74, 6) is 0.757. The molecule has 0 spiro atoms. The molecule has 0 saturated heterocycles. The fraction of sp³-hybridized carbons (Fsp3) is 0.438. The standard InChI is InChI=1S/C16H28N18O5/c35-3-21-12-27-8(17-1-19-10-29-13(22-4-36)33-14(30-10)23-5-37)26-9(28-12)18-2-20-11-31-15(24-6-38)34-16(32-11)25-7-39/h35-39H,1-7H2,(H3,17,18,21,26,27,28)(H3,19,22,23,29,30,33)(H3,20,24,25,31,32,34). The molecule has 0 bridgehead atoms. The summed E-state index contributed by atoms with van der Waals surface area (Å²) in [6.07, 6.45) is 0. The molecule has 3 aromatic rings. The van der Waals surface area contributed by atoms with Crippen molar-refractivity contribution < 1.29 is 25.5 Å². The van der Waals surface area contributed by atoms with Crippen molar-refractivity contribution in [3.05, 3.63) is 0 Å². The molecule has 14 N–H and O–H groups in total. The first-order chi connectivity index (χ1) is 19.1. The van der Waals surface area contributed by atoms with Gasteiger partial charge in [0.15, 0.2) is 0 Å². The summed E-state index contributed by atoms with van der Waals surface area (Å²) in [7, 11) is 0. The molecule has 3 aromatic heterocycles. The largest absolute Gasteiger partial charge is 0.376 e. The molecule has 0 amide bonds. The molecule has 0 aliphatic rings. The Morgan fingerprint density at radius 2 is 0.436 bits per heavy atom. The van der Waals surface area contributed by atoms with Crippen LogP contribution in [0, 0.1) is 0 Å². The molecule has 0 saturated carbocycles. The number of aliphatic hydroxyl groups excluding tert-OH is 5. The van der Waals surface area contributed by atoms with E-state index in [0.29, 0.717) is 0 Å². The van der Waals surface area contributed by atoms with E-state index in [1.807, 2.05) is 0 Å². The number of anilines is 9. The zero-order valence-electron chi connectivity index (χ0n) is 20.2. The van der Waals surface area contributed by atoms with Crippen LogP contribution in [0.3, 0.4) is 0 Å². The van der Waals surface area contributed by atoms with Crippen molar-refractivity contribution in [2.24, 2.45) is 0 Å². The number of aromatic nitrogens is 9. The first-order valence-electron chi connectivity index (χ1n) is 11.0. The predicted molar refractivity (Wildman–Crippen MR) is 137 cm³/mol. The first-order valence-corrected chi connectivity index (χ1v) is 11.0. The van der Waals surface area contributed by atoms with E-state index < -0.39 is 33.7 Å². The van der Waals surface area contributed by atoms with E-state index in [2.05, 4.69) is 92.7 Å². The van der Waals surface area contributed by atoms with Crippen LogP contribution in [0.2, 0.25) is 0 Å². The van der Waals surface area contributed by atoms with Gasteiger partial charge in [0.2, 0.25) is 53.5 Å². The van der Waals surface area contributed by atoms with Gasteiger partial charge in [-0.2, -0.15) is 44.9 Å². The number of hydrogen-bond acceptors (Lipinski definition) is 23. The Morgan fingerprint density at radius 1 is 0.282 bits per heavy atom. The van der Waals surface area contributed by atoms with Crippen LogP contribution in [-0.2, 0) is 0 Å². The Bertz CT molecular complexity index is 1040. The highest BCUT2D eigenvalue weighted by molar-refractivity contribution is 5.46. The van der Waals surface area contributed by atoms with E-state index in [-0.39, 0.29) is 66.9 Å². The number of aliphatic hydroxyl groups is 5. The molecule has 0 aromatic carbocycles. The second kappa shape index (κ2) is 15.3. The lowest BCUT2D eigenvalue weighted by atomic mass is 10.7. The topological polar surface area (TPSA) is 325 Å². The quantitative estimate of drug-likeness (QED) is 0.0668. The van der Waals surface area contributed by atoms with Crippen molar-refractivity contribution in [2.45, 2.75) is 0 Å². The van der Waals surface area contributed by atoms with Gasteiger partial charge in [0.05, 0.1) is 13.3 Å². The molecule has 0 radical (unpaired) electrons. The normalized spacial score (nSPS) is 10.4. The Labute approximate surface area is 219 Å². The van der Waals surface area contributed by atoms with Crippen LogP contribution >= 0.6 is 0 Å². The number of hydrogen-bond donors (Lipinski definition) is 14. The zero-order valence-corrected chi connectivity index (χ0v) is 20.2. The first kappa shape index (κ1) is 28.6. The zero-order chi connectivity index (χ0) is 27.9. The minimum absolute atomic E-state index is 0.0353. The van der Waals surface area contributed by atoms with E-state index in [9.17, 15) is 5.11 Å². The monoisotopic (exact) mass is 552 g/mol. The third kappa shape index (κ3) is 9.44. The molecule has 0 aliphatic heterocycles. The van der Waals surface area contributed by atoms with Crippen LogP contribution < -0.4 is 47.9 Å². The van der Waals surface area contributed by atoms with Gasteiger partial charge in [0, 0.05) is 0 Å². The number of nitrogens with one attached hydrogen (secondary N) is 9. The Balaban J connectivity index is 1.64. The maximum absolute atomic E-state index is 9.21. The number of nitrogens with zero attached hydrogens (tertiary/aromatic N) is 9. The predicted octanol–water partition coefficient (Wildman–Crippen LogP) is -3.99. The summed E-state index contributed by atoms with van der Waals surface area (Å²) in [6, 6.07) is 0. The maximum atomic E-state index is 9.21. The summed E-state index contributed by atoms with van der Waals surface area (Å²) in [5, 5.41) is 69.6. The van der Waals surface area contributed by atoms with Crippen molar-refractivity contribution in [1.29, 1.82) is 0 Å². The lowest BCUT2D eigenvalue weighted by Crippen LogP contribution is -2.21. The summed E-state index contributed by atoms with van der Waals surface area (Å²) < 4.78 is 0. The van der Waals surface area contributed by atoms with E-state index >= 15 is 0 Å². The van der Waals surface area contributed by atoms with Crippen LogP contribution in [0.25, 0.3) is 0 Å².